The van der Waals surface area contributed by atoms with Crippen molar-refractivity contribution in [2.45, 2.75) is 38.0 Å². The van der Waals surface area contributed by atoms with Crippen LogP contribution in [0.2, 0.25) is 0 Å². The first-order valence-corrected chi connectivity index (χ1v) is 8.06. The minimum absolute atomic E-state index is 0.0587. The Bertz CT molecular complexity index is 839. The van der Waals surface area contributed by atoms with Gasteiger partial charge in [0.25, 0.3) is 5.91 Å². The number of carbonyl (C=O) groups excluding carboxylic acids is 2. The van der Waals surface area contributed by atoms with Gasteiger partial charge in [-0.15, -0.1) is 5.10 Å². The molecule has 1 fully saturated rings. The molecule has 24 heavy (non-hydrogen) atoms. The van der Waals surface area contributed by atoms with Crippen molar-refractivity contribution >= 4 is 23.3 Å². The Balaban J connectivity index is 1.55. The summed E-state index contributed by atoms with van der Waals surface area (Å²) in [6.45, 7) is 3.69. The van der Waals surface area contributed by atoms with Gasteiger partial charge in [0.2, 0.25) is 5.91 Å². The lowest BCUT2D eigenvalue weighted by Crippen LogP contribution is -2.27. The van der Waals surface area contributed by atoms with Crippen molar-refractivity contribution in [1.29, 1.82) is 0 Å². The highest BCUT2D eigenvalue weighted by Crippen LogP contribution is 2.39. The minimum atomic E-state index is -0.642. The summed E-state index contributed by atoms with van der Waals surface area (Å²) in [4.78, 5) is 24.4. The van der Waals surface area contributed by atoms with Crippen LogP contribution in [0.25, 0.3) is 0 Å². The molecule has 2 aliphatic rings. The van der Waals surface area contributed by atoms with Crippen molar-refractivity contribution in [3.8, 4) is 0 Å². The van der Waals surface area contributed by atoms with Crippen LogP contribution in [0.3, 0.4) is 0 Å². The van der Waals surface area contributed by atoms with E-state index in [1.807, 2.05) is 19.9 Å². The summed E-state index contributed by atoms with van der Waals surface area (Å²) in [5.74, 6) is 0.641. The number of nitrogens with zero attached hydrogens (tertiary/aromatic N) is 2. The molecule has 6 nitrogen and oxygen atoms in total. The van der Waals surface area contributed by atoms with Crippen LogP contribution in [0.15, 0.2) is 30.3 Å². The fraction of sp³-hybridized carbons (Fsp3) is 0.333. The molecule has 2 heterocycles. The number of rotatable bonds is 3. The average Bonchev–Trinajstić information content (AvgIpc) is 3.37. The molecular weight excluding hydrogens is 304 g/mol. The van der Waals surface area contributed by atoms with E-state index in [9.17, 15) is 9.59 Å². The van der Waals surface area contributed by atoms with Crippen LogP contribution in [0.4, 0.5) is 11.5 Å². The minimum Gasteiger partial charge on any atom is -0.325 e. The van der Waals surface area contributed by atoms with Crippen molar-refractivity contribution in [2.24, 2.45) is 0 Å². The van der Waals surface area contributed by atoms with Gasteiger partial charge >= 0.3 is 0 Å². The molecule has 0 saturated heterocycles. The first kappa shape index (κ1) is 14.8. The fourth-order valence-electron chi connectivity index (χ4n) is 2.91. The topological polar surface area (TPSA) is 84.0 Å². The molecule has 6 heteroatoms. The van der Waals surface area contributed by atoms with Crippen LogP contribution in [0.1, 0.15) is 54.2 Å². The van der Waals surface area contributed by atoms with Crippen molar-refractivity contribution in [2.75, 3.05) is 10.6 Å². The monoisotopic (exact) mass is 322 g/mol. The Kier molecular flexibility index (Phi) is 3.16. The van der Waals surface area contributed by atoms with E-state index in [1.54, 1.807) is 24.3 Å². The summed E-state index contributed by atoms with van der Waals surface area (Å²) in [5.41, 5.74) is 2.42. The van der Waals surface area contributed by atoms with Crippen LogP contribution in [-0.2, 0) is 10.2 Å². The number of carbonyl (C=O) groups is 2. The number of hydrogen-bond donors (Lipinski definition) is 2. The first-order valence-electron chi connectivity index (χ1n) is 8.06. The number of hydrogen-bond acceptors (Lipinski definition) is 4. The fourth-order valence-corrected chi connectivity index (χ4v) is 2.91. The molecule has 1 aliphatic carbocycles. The molecule has 122 valence electrons. The molecule has 2 N–H and O–H groups in total. The maximum Gasteiger partial charge on any atom is 0.256 e. The van der Waals surface area contributed by atoms with Crippen molar-refractivity contribution < 1.29 is 9.59 Å². The Morgan fingerprint density at radius 3 is 2.67 bits per heavy atom. The maximum absolute atomic E-state index is 12.5. The van der Waals surface area contributed by atoms with Crippen LogP contribution in [0, 0.1) is 0 Å². The molecule has 2 aromatic rings. The molecule has 1 aromatic carbocycles. The van der Waals surface area contributed by atoms with Gasteiger partial charge in [-0.1, -0.05) is 0 Å². The largest absolute Gasteiger partial charge is 0.325 e. The normalized spacial score (nSPS) is 18.0. The van der Waals surface area contributed by atoms with Gasteiger partial charge in [0.05, 0.1) is 11.1 Å². The second kappa shape index (κ2) is 5.12. The van der Waals surface area contributed by atoms with E-state index in [1.165, 1.54) is 0 Å². The highest BCUT2D eigenvalue weighted by Gasteiger charge is 2.38. The summed E-state index contributed by atoms with van der Waals surface area (Å²) < 4.78 is 0. The van der Waals surface area contributed by atoms with Gasteiger partial charge in [0.15, 0.2) is 5.82 Å². The highest BCUT2D eigenvalue weighted by atomic mass is 16.2. The molecule has 0 bridgehead atoms. The molecule has 4 rings (SSSR count). The molecule has 0 atom stereocenters. The van der Waals surface area contributed by atoms with Gasteiger partial charge in [-0.3, -0.25) is 9.59 Å². The average molecular weight is 322 g/mol. The quantitative estimate of drug-likeness (QED) is 0.910. The van der Waals surface area contributed by atoms with E-state index in [0.29, 0.717) is 17.3 Å². The number of amides is 2. The van der Waals surface area contributed by atoms with Crippen molar-refractivity contribution in [3.05, 3.63) is 47.2 Å². The Morgan fingerprint density at radius 1 is 1.21 bits per heavy atom. The Hall–Kier alpha value is -2.76. The van der Waals surface area contributed by atoms with Gasteiger partial charge in [-0.25, -0.2) is 0 Å². The van der Waals surface area contributed by atoms with E-state index in [2.05, 4.69) is 20.8 Å². The zero-order valence-corrected chi connectivity index (χ0v) is 13.6. The summed E-state index contributed by atoms with van der Waals surface area (Å²) in [7, 11) is 0. The number of aromatic nitrogens is 2. The zero-order chi connectivity index (χ0) is 16.9. The standard InChI is InChI=1S/C18H18N4O2/c1-18(2)12-9-11(5-6-14(12)19-17(18)24)16(23)20-15-8-7-13(21-22-15)10-3-4-10/h5-10H,3-4H2,1-2H3,(H,19,24)(H,20,22,23). The summed E-state index contributed by atoms with van der Waals surface area (Å²) in [6, 6.07) is 8.91. The van der Waals surface area contributed by atoms with E-state index in [-0.39, 0.29) is 11.8 Å². The second-order valence-electron chi connectivity index (χ2n) is 6.91. The molecule has 1 saturated carbocycles. The number of nitrogens with one attached hydrogen (secondary N) is 2. The third-order valence-electron chi connectivity index (χ3n) is 4.69. The number of fused-ring (bicyclic) bond motifs is 1. The number of anilines is 2. The maximum atomic E-state index is 12.5. The predicted molar refractivity (Wildman–Crippen MR) is 90.1 cm³/mol. The second-order valence-corrected chi connectivity index (χ2v) is 6.91. The molecule has 0 spiro atoms. The van der Waals surface area contributed by atoms with E-state index < -0.39 is 5.41 Å². The van der Waals surface area contributed by atoms with Gasteiger partial charge in [0, 0.05) is 17.2 Å². The Labute approximate surface area is 139 Å². The molecule has 1 aromatic heterocycles. The van der Waals surface area contributed by atoms with Crippen LogP contribution >= 0.6 is 0 Å². The summed E-state index contributed by atoms with van der Waals surface area (Å²) in [5, 5.41) is 13.8. The zero-order valence-electron chi connectivity index (χ0n) is 13.6. The van der Waals surface area contributed by atoms with Crippen molar-refractivity contribution in [1.82, 2.24) is 10.2 Å². The molecular formula is C18H18N4O2. The lowest BCUT2D eigenvalue weighted by molar-refractivity contribution is -0.119. The third kappa shape index (κ3) is 2.44. The highest BCUT2D eigenvalue weighted by molar-refractivity contribution is 6.08. The molecule has 0 radical (unpaired) electrons. The lowest BCUT2D eigenvalue weighted by atomic mass is 9.85. The van der Waals surface area contributed by atoms with Crippen LogP contribution in [-0.4, -0.2) is 22.0 Å². The van der Waals surface area contributed by atoms with E-state index in [4.69, 9.17) is 0 Å². The first-order chi connectivity index (χ1) is 11.4. The van der Waals surface area contributed by atoms with Gasteiger partial charge in [-0.05, 0) is 62.6 Å². The summed E-state index contributed by atoms with van der Waals surface area (Å²) >= 11 is 0. The van der Waals surface area contributed by atoms with Crippen LogP contribution < -0.4 is 10.6 Å². The third-order valence-corrected chi connectivity index (χ3v) is 4.69. The van der Waals surface area contributed by atoms with Gasteiger partial charge in [-0.2, -0.15) is 5.10 Å². The summed E-state index contributed by atoms with van der Waals surface area (Å²) in [6.07, 6.45) is 2.33. The van der Waals surface area contributed by atoms with Crippen LogP contribution in [0.5, 0.6) is 0 Å². The van der Waals surface area contributed by atoms with Gasteiger partial charge < -0.3 is 10.6 Å². The molecule has 1 aliphatic heterocycles. The SMILES string of the molecule is CC1(C)C(=O)Nc2ccc(C(=O)Nc3ccc(C4CC4)nn3)cc21. The smallest absolute Gasteiger partial charge is 0.256 e. The predicted octanol–water partition coefficient (Wildman–Crippen LogP) is 2.84. The van der Waals surface area contributed by atoms with E-state index >= 15 is 0 Å². The van der Waals surface area contributed by atoms with Gasteiger partial charge in [0.1, 0.15) is 0 Å². The lowest BCUT2D eigenvalue weighted by Gasteiger charge is -2.15. The van der Waals surface area contributed by atoms with Crippen molar-refractivity contribution in [3.63, 3.8) is 0 Å². The number of benzene rings is 1. The molecule has 2 amide bonds. The van der Waals surface area contributed by atoms with E-state index in [0.717, 1.165) is 29.8 Å². The Morgan fingerprint density at radius 2 is 2.00 bits per heavy atom. The molecule has 0 unspecified atom stereocenters.